The first kappa shape index (κ1) is 107. The molecule has 648 valence electrons. The van der Waals surface area contributed by atoms with Gasteiger partial charge in [-0.3, -0.25) is 37.3 Å². The Labute approximate surface area is 670 Å². The van der Waals surface area contributed by atoms with Gasteiger partial charge in [-0.1, -0.05) is 445 Å². The topological polar surface area (TPSA) is 237 Å². The monoisotopic (exact) mass is 1590 g/mol. The number of unbranched alkanes of at least 4 members (excludes halogenated alkanes) is 65. The molecule has 17 nitrogen and oxygen atoms in total. The molecule has 5 atom stereocenters. The highest BCUT2D eigenvalue weighted by molar-refractivity contribution is 7.47. The molecule has 0 aliphatic heterocycles. The van der Waals surface area contributed by atoms with E-state index >= 15 is 0 Å². The lowest BCUT2D eigenvalue weighted by atomic mass is 10.0. The van der Waals surface area contributed by atoms with Gasteiger partial charge in [-0.15, -0.1) is 0 Å². The van der Waals surface area contributed by atoms with E-state index in [2.05, 4.69) is 27.7 Å². The van der Waals surface area contributed by atoms with E-state index in [1.54, 1.807) is 0 Å². The van der Waals surface area contributed by atoms with Crippen molar-refractivity contribution >= 4 is 39.5 Å². The smallest absolute Gasteiger partial charge is 0.462 e. The van der Waals surface area contributed by atoms with Gasteiger partial charge in [0.2, 0.25) is 0 Å². The van der Waals surface area contributed by atoms with E-state index in [9.17, 15) is 43.2 Å². The fourth-order valence-electron chi connectivity index (χ4n) is 14.2. The van der Waals surface area contributed by atoms with Crippen LogP contribution in [0.15, 0.2) is 0 Å². The van der Waals surface area contributed by atoms with Gasteiger partial charge in [0.1, 0.15) is 19.3 Å². The first-order valence-electron chi connectivity index (χ1n) is 46.8. The SMILES string of the molecule is CCCCCCCCCCCCCCCCCCCCCCCCC(=O)O[C@H](COC(=O)CCCCCCCCCCCCCCCCCCCCC)COP(=O)(O)OC[C@@H](O)COP(=O)(O)OC[C@@H](COC(=O)CCCCCCCCCCCCCCC)OC(=O)CCCCCCCCCCCCCCCCC. The number of esters is 4. The Morgan fingerprint density at radius 1 is 0.220 bits per heavy atom. The largest absolute Gasteiger partial charge is 0.472 e. The molecule has 0 aromatic rings. The second-order valence-corrected chi connectivity index (χ2v) is 35.3. The number of carbonyl (C=O) groups is 4. The molecule has 0 aromatic carbocycles. The van der Waals surface area contributed by atoms with E-state index in [1.165, 1.54) is 327 Å². The summed E-state index contributed by atoms with van der Waals surface area (Å²) in [6, 6.07) is 0. The van der Waals surface area contributed by atoms with E-state index in [4.69, 9.17) is 37.0 Å². The van der Waals surface area contributed by atoms with Gasteiger partial charge in [-0.25, -0.2) is 9.13 Å². The number of hydrogen-bond donors (Lipinski definition) is 3. The van der Waals surface area contributed by atoms with Gasteiger partial charge in [0.05, 0.1) is 26.4 Å². The second-order valence-electron chi connectivity index (χ2n) is 32.3. The van der Waals surface area contributed by atoms with Gasteiger partial charge >= 0.3 is 39.5 Å². The Morgan fingerprint density at radius 3 is 0.541 bits per heavy atom. The van der Waals surface area contributed by atoms with E-state index in [0.717, 1.165) is 89.9 Å². The maximum absolute atomic E-state index is 13.2. The molecule has 109 heavy (non-hydrogen) atoms. The third-order valence-electron chi connectivity index (χ3n) is 21.4. The van der Waals surface area contributed by atoms with Crippen LogP contribution in [-0.4, -0.2) is 96.7 Å². The number of ether oxygens (including phenoxy) is 4. The number of hydrogen-bond acceptors (Lipinski definition) is 15. The minimum absolute atomic E-state index is 0.109. The van der Waals surface area contributed by atoms with Crippen molar-refractivity contribution in [2.45, 2.75) is 515 Å². The Balaban J connectivity index is 5.24. The molecule has 0 saturated heterocycles. The quantitative estimate of drug-likeness (QED) is 0.0222. The zero-order chi connectivity index (χ0) is 79.6. The van der Waals surface area contributed by atoms with Crippen molar-refractivity contribution in [2.75, 3.05) is 39.6 Å². The molecule has 0 bridgehead atoms. The first-order chi connectivity index (χ1) is 53.2. The summed E-state index contributed by atoms with van der Waals surface area (Å²) in [6.07, 6.45) is 80.6. The van der Waals surface area contributed by atoms with Crippen LogP contribution in [0.4, 0.5) is 0 Å². The standard InChI is InChI=1S/C90H176O17P2/c1-5-9-13-17-21-25-29-33-36-38-40-41-42-44-46-49-53-57-61-65-69-73-77-90(95)107-86(81-101-88(93)75-71-67-63-59-55-51-48-45-43-39-37-34-30-26-22-18-14-10-6-2)83-105-109(98,99)103-79-84(91)78-102-108(96,97)104-82-85(80-100-87(92)74-70-66-62-58-54-50-32-28-24-20-16-12-8-4)106-89(94)76-72-68-64-60-56-52-47-35-31-27-23-19-15-11-7-3/h84-86,91H,5-83H2,1-4H3,(H,96,97)(H,98,99)/t84-,85+,86+/m0/s1. The predicted molar refractivity (Wildman–Crippen MR) is 451 cm³/mol. The van der Waals surface area contributed by atoms with Gasteiger partial charge in [0.15, 0.2) is 12.2 Å². The molecule has 0 amide bonds. The van der Waals surface area contributed by atoms with Crippen molar-refractivity contribution < 1.29 is 80.2 Å². The van der Waals surface area contributed by atoms with Crippen molar-refractivity contribution in [1.29, 1.82) is 0 Å². The van der Waals surface area contributed by atoms with Crippen LogP contribution in [0.5, 0.6) is 0 Å². The van der Waals surface area contributed by atoms with Crippen LogP contribution >= 0.6 is 15.6 Å². The summed E-state index contributed by atoms with van der Waals surface area (Å²) in [6.45, 7) is 5.09. The predicted octanol–water partition coefficient (Wildman–Crippen LogP) is 28.1. The van der Waals surface area contributed by atoms with Gasteiger partial charge in [0, 0.05) is 25.7 Å². The first-order valence-corrected chi connectivity index (χ1v) is 49.8. The number of phosphoric ester groups is 2. The molecule has 0 aliphatic carbocycles. The Kier molecular flexibility index (Phi) is 82.5. The molecule has 19 heteroatoms. The Hall–Kier alpha value is -1.94. The van der Waals surface area contributed by atoms with Gasteiger partial charge in [0.25, 0.3) is 0 Å². The third kappa shape index (κ3) is 83.8. The van der Waals surface area contributed by atoms with Crippen molar-refractivity contribution in [1.82, 2.24) is 0 Å². The zero-order valence-corrected chi connectivity index (χ0v) is 73.3. The molecule has 0 spiro atoms. The third-order valence-corrected chi connectivity index (χ3v) is 23.3. The summed E-state index contributed by atoms with van der Waals surface area (Å²) in [5.41, 5.74) is 0. The summed E-state index contributed by atoms with van der Waals surface area (Å²) < 4.78 is 69.1. The lowest BCUT2D eigenvalue weighted by molar-refractivity contribution is -0.161. The highest BCUT2D eigenvalue weighted by Gasteiger charge is 2.30. The summed E-state index contributed by atoms with van der Waals surface area (Å²) in [5, 5.41) is 10.7. The van der Waals surface area contributed by atoms with E-state index in [-0.39, 0.29) is 25.7 Å². The fourth-order valence-corrected chi connectivity index (χ4v) is 15.8. The number of phosphoric acid groups is 2. The van der Waals surface area contributed by atoms with E-state index in [1.807, 2.05) is 0 Å². The Morgan fingerprint density at radius 2 is 0.367 bits per heavy atom. The van der Waals surface area contributed by atoms with Gasteiger partial charge < -0.3 is 33.8 Å². The maximum Gasteiger partial charge on any atom is 0.472 e. The second kappa shape index (κ2) is 84.0. The summed E-state index contributed by atoms with van der Waals surface area (Å²) in [7, 11) is -9.93. The highest BCUT2D eigenvalue weighted by atomic mass is 31.2. The van der Waals surface area contributed by atoms with Crippen LogP contribution in [-0.2, 0) is 65.4 Å². The maximum atomic E-state index is 13.2. The van der Waals surface area contributed by atoms with Crippen molar-refractivity contribution in [3.8, 4) is 0 Å². The van der Waals surface area contributed by atoms with Crippen LogP contribution in [0, 0.1) is 0 Å². The van der Waals surface area contributed by atoms with Crippen LogP contribution in [0.3, 0.4) is 0 Å². The number of aliphatic hydroxyl groups is 1. The molecule has 2 unspecified atom stereocenters. The minimum Gasteiger partial charge on any atom is -0.462 e. The highest BCUT2D eigenvalue weighted by Crippen LogP contribution is 2.45. The fraction of sp³-hybridized carbons (Fsp3) is 0.956. The number of aliphatic hydroxyl groups excluding tert-OH is 1. The number of rotatable bonds is 91. The van der Waals surface area contributed by atoms with Crippen LogP contribution in [0.2, 0.25) is 0 Å². The number of carbonyl (C=O) groups excluding carboxylic acids is 4. The van der Waals surface area contributed by atoms with E-state index < -0.39 is 97.5 Å². The molecule has 0 fully saturated rings. The van der Waals surface area contributed by atoms with Gasteiger partial charge in [-0.05, 0) is 25.7 Å². The molecular weight excluding hydrogens is 1410 g/mol. The minimum atomic E-state index is -4.97. The van der Waals surface area contributed by atoms with Crippen LogP contribution in [0.1, 0.15) is 496 Å². The molecule has 0 saturated carbocycles. The van der Waals surface area contributed by atoms with Crippen LogP contribution < -0.4 is 0 Å². The molecule has 3 N–H and O–H groups in total. The zero-order valence-electron chi connectivity index (χ0n) is 71.5. The molecule has 0 aliphatic rings. The molecule has 0 aromatic heterocycles. The summed E-state index contributed by atoms with van der Waals surface area (Å²) in [4.78, 5) is 73.4. The van der Waals surface area contributed by atoms with Crippen molar-refractivity contribution in [3.05, 3.63) is 0 Å². The van der Waals surface area contributed by atoms with Gasteiger partial charge in [-0.2, -0.15) is 0 Å². The molecule has 0 rings (SSSR count). The lowest BCUT2D eigenvalue weighted by Crippen LogP contribution is -2.30. The normalized spacial score (nSPS) is 13.6. The summed E-state index contributed by atoms with van der Waals surface area (Å²) in [5.74, 6) is -2.09. The molecular formula is C90H176O17P2. The molecule has 0 radical (unpaired) electrons. The Bertz CT molecular complexity index is 2050. The molecule has 0 heterocycles. The van der Waals surface area contributed by atoms with Crippen molar-refractivity contribution in [3.63, 3.8) is 0 Å². The van der Waals surface area contributed by atoms with Crippen molar-refractivity contribution in [2.24, 2.45) is 0 Å². The van der Waals surface area contributed by atoms with Crippen LogP contribution in [0.25, 0.3) is 0 Å². The van der Waals surface area contributed by atoms with E-state index in [0.29, 0.717) is 25.7 Å². The average molecular weight is 1590 g/mol. The lowest BCUT2D eigenvalue weighted by Gasteiger charge is -2.21. The summed E-state index contributed by atoms with van der Waals surface area (Å²) >= 11 is 0. The average Bonchev–Trinajstić information content (AvgIpc) is 0.905.